The van der Waals surface area contributed by atoms with Gasteiger partial charge in [-0.15, -0.1) is 0 Å². The van der Waals surface area contributed by atoms with E-state index in [1.54, 1.807) is 12.3 Å². The average molecular weight is 256 g/mol. The van der Waals surface area contributed by atoms with Gasteiger partial charge in [0.15, 0.2) is 0 Å². The highest BCUT2D eigenvalue weighted by molar-refractivity contribution is 5.58. The van der Waals surface area contributed by atoms with Crippen LogP contribution in [0.4, 0.5) is 11.4 Å². The first-order chi connectivity index (χ1) is 9.10. The Morgan fingerprint density at radius 3 is 2.95 bits per heavy atom. The van der Waals surface area contributed by atoms with Gasteiger partial charge in [0, 0.05) is 11.4 Å². The Morgan fingerprint density at radius 2 is 2.32 bits per heavy atom. The molecule has 3 N–H and O–H groups in total. The zero-order valence-corrected chi connectivity index (χ0v) is 11.0. The largest absolute Gasteiger partial charge is 0.444 e. The van der Waals surface area contributed by atoms with Crippen molar-refractivity contribution in [2.24, 2.45) is 0 Å². The zero-order chi connectivity index (χ0) is 13.8. The first kappa shape index (κ1) is 13.0. The van der Waals surface area contributed by atoms with E-state index in [2.05, 4.69) is 16.4 Å². The molecule has 2 rings (SSSR count). The van der Waals surface area contributed by atoms with Crippen LogP contribution in [0.25, 0.3) is 0 Å². The van der Waals surface area contributed by atoms with Crippen LogP contribution in [0, 0.1) is 18.3 Å². The van der Waals surface area contributed by atoms with E-state index in [0.717, 1.165) is 17.0 Å². The van der Waals surface area contributed by atoms with Gasteiger partial charge in [-0.05, 0) is 37.6 Å². The van der Waals surface area contributed by atoms with Crippen molar-refractivity contribution >= 4 is 11.4 Å². The number of nitrogens with zero attached hydrogens (tertiary/aromatic N) is 2. The van der Waals surface area contributed by atoms with Crippen LogP contribution in [0.1, 0.15) is 30.2 Å². The van der Waals surface area contributed by atoms with E-state index in [1.165, 1.54) is 0 Å². The molecule has 5 nitrogen and oxygen atoms in total. The third kappa shape index (κ3) is 3.05. The molecule has 98 valence electrons. The van der Waals surface area contributed by atoms with Crippen molar-refractivity contribution in [3.63, 3.8) is 0 Å². The van der Waals surface area contributed by atoms with Gasteiger partial charge < -0.3 is 15.5 Å². The van der Waals surface area contributed by atoms with Gasteiger partial charge in [-0.25, -0.2) is 4.98 Å². The van der Waals surface area contributed by atoms with E-state index in [0.29, 0.717) is 18.0 Å². The van der Waals surface area contributed by atoms with E-state index >= 15 is 0 Å². The summed E-state index contributed by atoms with van der Waals surface area (Å²) in [4.78, 5) is 4.18. The van der Waals surface area contributed by atoms with E-state index in [4.69, 9.17) is 15.4 Å². The van der Waals surface area contributed by atoms with Gasteiger partial charge >= 0.3 is 0 Å². The molecule has 0 spiro atoms. The lowest BCUT2D eigenvalue weighted by atomic mass is 10.1. The molecular formula is C14H16N4O. The Bertz CT molecular complexity index is 612. The second-order valence-electron chi connectivity index (χ2n) is 4.42. The maximum absolute atomic E-state index is 8.75. The molecule has 1 heterocycles. The van der Waals surface area contributed by atoms with Crippen LogP contribution in [0.2, 0.25) is 0 Å². The topological polar surface area (TPSA) is 87.9 Å². The van der Waals surface area contributed by atoms with Crippen molar-refractivity contribution in [1.82, 2.24) is 4.98 Å². The lowest BCUT2D eigenvalue weighted by molar-refractivity contribution is 0.453. The van der Waals surface area contributed by atoms with Crippen LogP contribution in [-0.4, -0.2) is 4.98 Å². The quantitative estimate of drug-likeness (QED) is 0.821. The number of aromatic nitrogens is 1. The van der Waals surface area contributed by atoms with E-state index in [1.807, 2.05) is 26.0 Å². The molecule has 1 atom stereocenters. The molecule has 1 unspecified atom stereocenters. The molecule has 0 aliphatic heterocycles. The number of oxazole rings is 1. The van der Waals surface area contributed by atoms with Crippen molar-refractivity contribution < 1.29 is 4.42 Å². The fourth-order valence-electron chi connectivity index (χ4n) is 1.82. The number of anilines is 2. The minimum Gasteiger partial charge on any atom is -0.444 e. The summed E-state index contributed by atoms with van der Waals surface area (Å²) >= 11 is 0. The van der Waals surface area contributed by atoms with Crippen LogP contribution in [0.3, 0.4) is 0 Å². The molecule has 19 heavy (non-hydrogen) atoms. The van der Waals surface area contributed by atoms with Crippen LogP contribution >= 0.6 is 0 Å². The molecule has 2 aromatic rings. The molecule has 0 saturated carbocycles. The predicted octanol–water partition coefficient (Wildman–Crippen LogP) is 2.80. The molecule has 0 radical (unpaired) electrons. The van der Waals surface area contributed by atoms with Crippen molar-refractivity contribution in [3.05, 3.63) is 41.6 Å². The van der Waals surface area contributed by atoms with E-state index in [-0.39, 0.29) is 6.04 Å². The Hall–Kier alpha value is -2.48. The maximum Gasteiger partial charge on any atom is 0.216 e. The molecule has 5 heteroatoms. The van der Waals surface area contributed by atoms with Crippen molar-refractivity contribution in [2.75, 3.05) is 11.1 Å². The Balaban J connectivity index is 2.15. The number of nitriles is 1. The number of benzene rings is 1. The number of nitrogen functional groups attached to an aromatic ring is 1. The van der Waals surface area contributed by atoms with E-state index < -0.39 is 0 Å². The summed E-state index contributed by atoms with van der Waals surface area (Å²) in [6.45, 7) is 3.82. The van der Waals surface area contributed by atoms with Crippen molar-refractivity contribution in [3.8, 4) is 6.07 Å². The average Bonchev–Trinajstić information content (AvgIpc) is 2.80. The van der Waals surface area contributed by atoms with Gasteiger partial charge in [-0.1, -0.05) is 0 Å². The van der Waals surface area contributed by atoms with Gasteiger partial charge in [0.2, 0.25) is 5.89 Å². The van der Waals surface area contributed by atoms with Crippen LogP contribution in [0.5, 0.6) is 0 Å². The maximum atomic E-state index is 8.75. The van der Waals surface area contributed by atoms with Crippen LogP contribution in [-0.2, 0) is 6.42 Å². The lowest BCUT2D eigenvalue weighted by Crippen LogP contribution is -2.07. The normalized spacial score (nSPS) is 11.8. The monoisotopic (exact) mass is 256 g/mol. The summed E-state index contributed by atoms with van der Waals surface area (Å²) in [5.74, 6) is 1.42. The second-order valence-corrected chi connectivity index (χ2v) is 4.42. The molecule has 0 aliphatic carbocycles. The van der Waals surface area contributed by atoms with Gasteiger partial charge in [0.25, 0.3) is 0 Å². The minimum absolute atomic E-state index is 0.0488. The lowest BCUT2D eigenvalue weighted by Gasteiger charge is -2.13. The molecule has 0 amide bonds. The number of aryl methyl sites for hydroxylation is 1. The zero-order valence-electron chi connectivity index (χ0n) is 11.0. The first-order valence-electron chi connectivity index (χ1n) is 6.04. The number of nitrogens with one attached hydrogen (secondary N) is 1. The second kappa shape index (κ2) is 5.44. The van der Waals surface area contributed by atoms with Crippen molar-refractivity contribution in [2.45, 2.75) is 26.3 Å². The van der Waals surface area contributed by atoms with Gasteiger partial charge in [-0.2, -0.15) is 5.26 Å². The fraction of sp³-hybridized carbons (Fsp3) is 0.286. The smallest absolute Gasteiger partial charge is 0.216 e. The molecular weight excluding hydrogens is 240 g/mol. The number of rotatable bonds is 4. The number of hydrogen-bond donors (Lipinski definition) is 2. The SMILES string of the molecule is Cc1cnc(C(C)Nc2ccc(N)c(CC#N)c2)o1. The Kier molecular flexibility index (Phi) is 3.71. The fourth-order valence-corrected chi connectivity index (χ4v) is 1.82. The highest BCUT2D eigenvalue weighted by atomic mass is 16.4. The summed E-state index contributed by atoms with van der Waals surface area (Å²) in [5, 5.41) is 12.0. The standard InChI is InChI=1S/C14H16N4O/c1-9-8-17-14(19-9)10(2)18-12-3-4-13(16)11(7-12)5-6-15/h3-4,7-8,10,18H,5,16H2,1-2H3. The molecule has 1 aromatic heterocycles. The van der Waals surface area contributed by atoms with E-state index in [9.17, 15) is 0 Å². The summed E-state index contributed by atoms with van der Waals surface area (Å²) < 4.78 is 5.47. The summed E-state index contributed by atoms with van der Waals surface area (Å²) in [6.07, 6.45) is 1.99. The molecule has 0 aliphatic rings. The summed E-state index contributed by atoms with van der Waals surface area (Å²) in [5.41, 5.74) is 8.16. The Morgan fingerprint density at radius 1 is 1.53 bits per heavy atom. The summed E-state index contributed by atoms with van der Waals surface area (Å²) in [7, 11) is 0. The molecule has 0 saturated heterocycles. The van der Waals surface area contributed by atoms with Gasteiger partial charge in [0.05, 0.1) is 18.7 Å². The third-order valence-corrected chi connectivity index (χ3v) is 2.81. The number of hydrogen-bond acceptors (Lipinski definition) is 5. The minimum atomic E-state index is -0.0488. The summed E-state index contributed by atoms with van der Waals surface area (Å²) in [6, 6.07) is 7.60. The molecule has 0 bridgehead atoms. The highest BCUT2D eigenvalue weighted by Crippen LogP contribution is 2.23. The van der Waals surface area contributed by atoms with Gasteiger partial charge in [-0.3, -0.25) is 0 Å². The van der Waals surface area contributed by atoms with Crippen LogP contribution < -0.4 is 11.1 Å². The molecule has 0 fully saturated rings. The first-order valence-corrected chi connectivity index (χ1v) is 6.04. The number of nitrogens with two attached hydrogens (primary N) is 1. The molecule has 1 aromatic carbocycles. The Labute approximate surface area is 112 Å². The van der Waals surface area contributed by atoms with Crippen LogP contribution in [0.15, 0.2) is 28.8 Å². The third-order valence-electron chi connectivity index (χ3n) is 2.81. The highest BCUT2D eigenvalue weighted by Gasteiger charge is 2.11. The van der Waals surface area contributed by atoms with Crippen molar-refractivity contribution in [1.29, 1.82) is 5.26 Å². The predicted molar refractivity (Wildman–Crippen MR) is 73.4 cm³/mol. The van der Waals surface area contributed by atoms with Gasteiger partial charge in [0.1, 0.15) is 11.8 Å².